The lowest BCUT2D eigenvalue weighted by molar-refractivity contribution is 0.567. The minimum Gasteiger partial charge on any atom is -0.327 e. The zero-order valence-electron chi connectivity index (χ0n) is 8.55. The van der Waals surface area contributed by atoms with Gasteiger partial charge >= 0.3 is 0 Å². The fourth-order valence-electron chi connectivity index (χ4n) is 1.83. The van der Waals surface area contributed by atoms with E-state index in [9.17, 15) is 0 Å². The molecule has 1 aromatic rings. The third-order valence-electron chi connectivity index (χ3n) is 2.83. The first-order chi connectivity index (χ1) is 7.15. The van der Waals surface area contributed by atoms with E-state index in [1.54, 1.807) is 6.07 Å². The van der Waals surface area contributed by atoms with Crippen LogP contribution in [0.4, 0.5) is 0 Å². The molecule has 1 atom stereocenters. The van der Waals surface area contributed by atoms with E-state index in [4.69, 9.17) is 28.9 Å². The number of hydrogen-bond donors (Lipinski definition) is 1. The maximum absolute atomic E-state index is 6.09. The lowest BCUT2D eigenvalue weighted by Gasteiger charge is -2.12. The van der Waals surface area contributed by atoms with Gasteiger partial charge in [0.15, 0.2) is 0 Å². The second-order valence-electron chi connectivity index (χ2n) is 4.38. The number of rotatable bonds is 4. The molecule has 2 rings (SSSR count). The second-order valence-corrected chi connectivity index (χ2v) is 5.22. The first-order valence-corrected chi connectivity index (χ1v) is 6.10. The molecule has 0 amide bonds. The molecular formula is C12H15Cl2N. The molecular weight excluding hydrogens is 229 g/mol. The SMILES string of the molecule is NC(Cc1ccc(Cl)cc1Cl)CC1CC1. The van der Waals surface area contributed by atoms with Crippen LogP contribution in [0, 0.1) is 5.92 Å². The van der Waals surface area contributed by atoms with Crippen LogP contribution in [0.25, 0.3) is 0 Å². The van der Waals surface area contributed by atoms with Crippen LogP contribution in [0.5, 0.6) is 0 Å². The fraction of sp³-hybridized carbons (Fsp3) is 0.500. The van der Waals surface area contributed by atoms with Crippen molar-refractivity contribution in [2.24, 2.45) is 11.7 Å². The highest BCUT2D eigenvalue weighted by atomic mass is 35.5. The number of halogens is 2. The predicted octanol–water partition coefficient (Wildman–Crippen LogP) is 3.66. The molecule has 0 radical (unpaired) electrons. The Balaban J connectivity index is 1.96. The number of benzene rings is 1. The largest absolute Gasteiger partial charge is 0.327 e. The number of hydrogen-bond acceptors (Lipinski definition) is 1. The molecule has 1 aromatic carbocycles. The van der Waals surface area contributed by atoms with Crippen molar-refractivity contribution in [2.75, 3.05) is 0 Å². The van der Waals surface area contributed by atoms with Crippen LogP contribution in [0.3, 0.4) is 0 Å². The van der Waals surface area contributed by atoms with Gasteiger partial charge in [-0.2, -0.15) is 0 Å². The summed E-state index contributed by atoms with van der Waals surface area (Å²) in [4.78, 5) is 0. The van der Waals surface area contributed by atoms with Crippen molar-refractivity contribution < 1.29 is 0 Å². The summed E-state index contributed by atoms with van der Waals surface area (Å²) < 4.78 is 0. The Kier molecular flexibility index (Phi) is 3.55. The van der Waals surface area contributed by atoms with E-state index in [0.717, 1.165) is 29.3 Å². The molecule has 1 saturated carbocycles. The van der Waals surface area contributed by atoms with Gasteiger partial charge in [-0.15, -0.1) is 0 Å². The van der Waals surface area contributed by atoms with Crippen molar-refractivity contribution in [3.8, 4) is 0 Å². The normalized spacial score (nSPS) is 17.8. The maximum atomic E-state index is 6.09. The van der Waals surface area contributed by atoms with Gasteiger partial charge in [0.2, 0.25) is 0 Å². The molecule has 1 fully saturated rings. The van der Waals surface area contributed by atoms with Crippen LogP contribution in [0.15, 0.2) is 18.2 Å². The average molecular weight is 244 g/mol. The van der Waals surface area contributed by atoms with E-state index >= 15 is 0 Å². The summed E-state index contributed by atoms with van der Waals surface area (Å²) in [5.74, 6) is 0.867. The highest BCUT2D eigenvalue weighted by Gasteiger charge is 2.24. The van der Waals surface area contributed by atoms with Gasteiger partial charge < -0.3 is 5.73 Å². The first kappa shape index (κ1) is 11.3. The zero-order valence-corrected chi connectivity index (χ0v) is 10.1. The van der Waals surface area contributed by atoms with Gasteiger partial charge in [-0.1, -0.05) is 42.1 Å². The van der Waals surface area contributed by atoms with Crippen LogP contribution in [0.1, 0.15) is 24.8 Å². The van der Waals surface area contributed by atoms with Crippen molar-refractivity contribution in [1.29, 1.82) is 0 Å². The molecule has 0 heterocycles. The summed E-state index contributed by atoms with van der Waals surface area (Å²) in [6.07, 6.45) is 4.68. The summed E-state index contributed by atoms with van der Waals surface area (Å²) in [6.45, 7) is 0. The molecule has 0 aromatic heterocycles. The summed E-state index contributed by atoms with van der Waals surface area (Å²) >= 11 is 11.9. The maximum Gasteiger partial charge on any atom is 0.0453 e. The molecule has 2 N–H and O–H groups in total. The summed E-state index contributed by atoms with van der Waals surface area (Å²) in [6, 6.07) is 5.85. The Labute approximate surface area is 101 Å². The van der Waals surface area contributed by atoms with Gasteiger partial charge in [0, 0.05) is 16.1 Å². The third-order valence-corrected chi connectivity index (χ3v) is 3.42. The van der Waals surface area contributed by atoms with Gasteiger partial charge in [-0.3, -0.25) is 0 Å². The van der Waals surface area contributed by atoms with Gasteiger partial charge in [0.05, 0.1) is 0 Å². The quantitative estimate of drug-likeness (QED) is 0.859. The van der Waals surface area contributed by atoms with Crippen LogP contribution < -0.4 is 5.73 Å². The zero-order chi connectivity index (χ0) is 10.8. The molecule has 0 bridgehead atoms. The van der Waals surface area contributed by atoms with Crippen molar-refractivity contribution in [3.63, 3.8) is 0 Å². The van der Waals surface area contributed by atoms with Crippen LogP contribution in [-0.2, 0) is 6.42 Å². The summed E-state index contributed by atoms with van der Waals surface area (Å²) in [5, 5.41) is 1.41. The van der Waals surface area contributed by atoms with Crippen LogP contribution in [-0.4, -0.2) is 6.04 Å². The average Bonchev–Trinajstić information content (AvgIpc) is 2.94. The Morgan fingerprint density at radius 2 is 2.07 bits per heavy atom. The third kappa shape index (κ3) is 3.37. The lowest BCUT2D eigenvalue weighted by Crippen LogP contribution is -2.23. The molecule has 82 valence electrons. The van der Waals surface area contributed by atoms with E-state index in [-0.39, 0.29) is 6.04 Å². The minimum absolute atomic E-state index is 0.233. The molecule has 1 aliphatic rings. The topological polar surface area (TPSA) is 26.0 Å². The molecule has 15 heavy (non-hydrogen) atoms. The monoisotopic (exact) mass is 243 g/mol. The molecule has 1 aliphatic carbocycles. The number of nitrogens with two attached hydrogens (primary N) is 1. The van der Waals surface area contributed by atoms with E-state index < -0.39 is 0 Å². The van der Waals surface area contributed by atoms with E-state index in [2.05, 4.69) is 0 Å². The van der Waals surface area contributed by atoms with Crippen LogP contribution >= 0.6 is 23.2 Å². The minimum atomic E-state index is 0.233. The second kappa shape index (κ2) is 4.73. The lowest BCUT2D eigenvalue weighted by atomic mass is 10.0. The molecule has 0 saturated heterocycles. The highest BCUT2D eigenvalue weighted by molar-refractivity contribution is 6.35. The molecule has 1 unspecified atom stereocenters. The van der Waals surface area contributed by atoms with Crippen molar-refractivity contribution >= 4 is 23.2 Å². The molecule has 0 spiro atoms. The Hall–Kier alpha value is -0.240. The Morgan fingerprint density at radius 3 is 2.67 bits per heavy atom. The Bertz CT molecular complexity index is 347. The fourth-order valence-corrected chi connectivity index (χ4v) is 2.32. The summed E-state index contributed by atoms with van der Waals surface area (Å²) in [5.41, 5.74) is 7.17. The van der Waals surface area contributed by atoms with Crippen LogP contribution in [0.2, 0.25) is 10.0 Å². The highest BCUT2D eigenvalue weighted by Crippen LogP contribution is 2.34. The first-order valence-electron chi connectivity index (χ1n) is 5.34. The van der Waals surface area contributed by atoms with Gasteiger partial charge in [0.1, 0.15) is 0 Å². The summed E-state index contributed by atoms with van der Waals surface area (Å²) in [7, 11) is 0. The molecule has 3 heteroatoms. The standard InChI is InChI=1S/C12H15Cl2N/c13-10-4-3-9(12(14)7-10)6-11(15)5-8-1-2-8/h3-4,7-8,11H,1-2,5-6,15H2. The van der Waals surface area contributed by atoms with Gasteiger partial charge in [-0.05, 0) is 36.5 Å². The van der Waals surface area contributed by atoms with Gasteiger partial charge in [0.25, 0.3) is 0 Å². The molecule has 1 nitrogen and oxygen atoms in total. The van der Waals surface area contributed by atoms with Crippen molar-refractivity contribution in [1.82, 2.24) is 0 Å². The van der Waals surface area contributed by atoms with E-state index in [1.807, 2.05) is 12.1 Å². The van der Waals surface area contributed by atoms with Crippen molar-refractivity contribution in [3.05, 3.63) is 33.8 Å². The smallest absolute Gasteiger partial charge is 0.0453 e. The van der Waals surface area contributed by atoms with E-state index in [0.29, 0.717) is 5.02 Å². The predicted molar refractivity (Wildman–Crippen MR) is 65.5 cm³/mol. The van der Waals surface area contributed by atoms with Gasteiger partial charge in [-0.25, -0.2) is 0 Å². The Morgan fingerprint density at radius 1 is 1.33 bits per heavy atom. The van der Waals surface area contributed by atoms with Crippen molar-refractivity contribution in [2.45, 2.75) is 31.7 Å². The molecule has 0 aliphatic heterocycles. The van der Waals surface area contributed by atoms with E-state index in [1.165, 1.54) is 12.8 Å².